The summed E-state index contributed by atoms with van der Waals surface area (Å²) in [6.45, 7) is 8.07. The van der Waals surface area contributed by atoms with Gasteiger partial charge in [0, 0.05) is 0 Å². The van der Waals surface area contributed by atoms with E-state index in [9.17, 15) is 4.79 Å². The Kier molecular flexibility index (Phi) is 5.87. The van der Waals surface area contributed by atoms with Gasteiger partial charge in [-0.3, -0.25) is 4.79 Å². The molecule has 2 unspecified atom stereocenters. The van der Waals surface area contributed by atoms with E-state index in [4.69, 9.17) is 4.74 Å². The molecular formula is C21H27BO2. The third kappa shape index (κ3) is 4.28. The van der Waals surface area contributed by atoms with E-state index in [2.05, 4.69) is 33.8 Å². The Bertz CT molecular complexity index is 650. The first-order valence-electron chi connectivity index (χ1n) is 8.66. The fraction of sp³-hybridized carbons (Fsp3) is 0.381. The van der Waals surface area contributed by atoms with Gasteiger partial charge in [-0.1, -0.05) is 80.1 Å². The molecule has 2 nitrogen and oxygen atoms in total. The average molecular weight is 322 g/mol. The molecule has 2 aromatic rings. The summed E-state index contributed by atoms with van der Waals surface area (Å²) in [5.74, 6) is 0.0233. The Morgan fingerprint density at radius 3 is 1.96 bits per heavy atom. The monoisotopic (exact) mass is 322 g/mol. The minimum Gasteiger partial charge on any atom is -0.455 e. The normalized spacial score (nSPS) is 14.2. The second kappa shape index (κ2) is 7.70. The Hall–Kier alpha value is -2.03. The number of carbonyl (C=O) groups excluding carboxylic acids is 1. The highest BCUT2D eigenvalue weighted by Gasteiger charge is 2.34. The lowest BCUT2D eigenvalue weighted by Gasteiger charge is -2.32. The number of carbonyl (C=O) groups is 1. The zero-order valence-electron chi connectivity index (χ0n) is 15.3. The van der Waals surface area contributed by atoms with Gasteiger partial charge in [-0.2, -0.15) is 0 Å². The lowest BCUT2D eigenvalue weighted by Crippen LogP contribution is -2.35. The molecular weight excluding hydrogens is 295 g/mol. The molecule has 0 saturated heterocycles. The van der Waals surface area contributed by atoms with Gasteiger partial charge in [0.2, 0.25) is 0 Å². The van der Waals surface area contributed by atoms with E-state index in [-0.39, 0.29) is 23.6 Å². The van der Waals surface area contributed by atoms with E-state index in [1.807, 2.05) is 62.4 Å². The first kappa shape index (κ1) is 18.3. The van der Waals surface area contributed by atoms with Crippen LogP contribution < -0.4 is 0 Å². The van der Waals surface area contributed by atoms with Crippen molar-refractivity contribution in [2.45, 2.75) is 39.1 Å². The Morgan fingerprint density at radius 1 is 0.958 bits per heavy atom. The van der Waals surface area contributed by atoms with Crippen molar-refractivity contribution in [1.82, 2.24) is 0 Å². The van der Waals surface area contributed by atoms with Crippen LogP contribution in [0, 0.1) is 11.8 Å². The van der Waals surface area contributed by atoms with Crippen molar-refractivity contribution in [2.75, 3.05) is 0 Å². The molecule has 0 bridgehead atoms. The highest BCUT2D eigenvalue weighted by atomic mass is 16.6. The molecule has 0 heterocycles. The summed E-state index contributed by atoms with van der Waals surface area (Å²) >= 11 is 0. The van der Waals surface area contributed by atoms with Crippen molar-refractivity contribution in [2.24, 2.45) is 11.8 Å². The van der Waals surface area contributed by atoms with Gasteiger partial charge in [0.05, 0.1) is 5.92 Å². The predicted octanol–water partition coefficient (Wildman–Crippen LogP) is 4.11. The van der Waals surface area contributed by atoms with Crippen molar-refractivity contribution in [3.05, 3.63) is 71.8 Å². The number of benzene rings is 2. The summed E-state index contributed by atoms with van der Waals surface area (Å²) in [5, 5.41) is 0. The van der Waals surface area contributed by atoms with Crippen LogP contribution in [0.15, 0.2) is 60.7 Å². The Labute approximate surface area is 146 Å². The average Bonchev–Trinajstić information content (AvgIpc) is 2.55. The van der Waals surface area contributed by atoms with E-state index in [1.54, 1.807) is 0 Å². The van der Waals surface area contributed by atoms with E-state index >= 15 is 0 Å². The standard InChI is InChI=1S/C21H27BO2/c1-15(2)18(19(22)16-11-7-5-8-12-16)20(23)24-21(3,4)17-13-9-6-10-14-17/h5-15,18-19H,22H2,1-4H3. The number of hydrogen-bond acceptors (Lipinski definition) is 2. The molecule has 24 heavy (non-hydrogen) atoms. The summed E-state index contributed by atoms with van der Waals surface area (Å²) < 4.78 is 5.95. The highest BCUT2D eigenvalue weighted by molar-refractivity contribution is 6.14. The third-order valence-corrected chi connectivity index (χ3v) is 4.68. The molecule has 2 atom stereocenters. The largest absolute Gasteiger partial charge is 0.455 e. The van der Waals surface area contributed by atoms with Crippen LogP contribution in [0.2, 0.25) is 0 Å². The molecule has 0 radical (unpaired) electrons. The van der Waals surface area contributed by atoms with Crippen LogP contribution >= 0.6 is 0 Å². The topological polar surface area (TPSA) is 26.3 Å². The zero-order valence-corrected chi connectivity index (χ0v) is 15.3. The van der Waals surface area contributed by atoms with Crippen LogP contribution in [0.4, 0.5) is 0 Å². The minimum absolute atomic E-state index is 0.116. The van der Waals surface area contributed by atoms with Crippen molar-refractivity contribution in [1.29, 1.82) is 0 Å². The van der Waals surface area contributed by atoms with Gasteiger partial charge in [-0.15, -0.1) is 0 Å². The first-order valence-corrected chi connectivity index (χ1v) is 8.66. The summed E-state index contributed by atoms with van der Waals surface area (Å²) in [6.07, 6.45) is 0. The van der Waals surface area contributed by atoms with E-state index < -0.39 is 5.60 Å². The molecule has 0 aliphatic rings. The molecule has 0 amide bonds. The summed E-state index contributed by atoms with van der Waals surface area (Å²) in [7, 11) is 2.11. The molecule has 0 N–H and O–H groups in total. The molecule has 126 valence electrons. The smallest absolute Gasteiger partial charge is 0.309 e. The van der Waals surface area contributed by atoms with Crippen molar-refractivity contribution in [3.63, 3.8) is 0 Å². The van der Waals surface area contributed by atoms with Gasteiger partial charge in [-0.05, 0) is 31.1 Å². The van der Waals surface area contributed by atoms with Crippen LogP contribution in [-0.4, -0.2) is 13.8 Å². The van der Waals surface area contributed by atoms with Crippen molar-refractivity contribution < 1.29 is 9.53 Å². The van der Waals surface area contributed by atoms with Gasteiger partial charge in [0.1, 0.15) is 13.4 Å². The molecule has 0 aliphatic carbocycles. The molecule has 0 aromatic heterocycles. The third-order valence-electron chi connectivity index (χ3n) is 4.68. The highest BCUT2D eigenvalue weighted by Crippen LogP contribution is 2.32. The molecule has 0 fully saturated rings. The number of ether oxygens (including phenoxy) is 1. The second-order valence-corrected chi connectivity index (χ2v) is 7.27. The summed E-state index contributed by atoms with van der Waals surface area (Å²) in [4.78, 5) is 13.0. The Balaban J connectivity index is 2.21. The second-order valence-electron chi connectivity index (χ2n) is 7.27. The molecule has 0 spiro atoms. The fourth-order valence-corrected chi connectivity index (χ4v) is 3.24. The van der Waals surface area contributed by atoms with Crippen molar-refractivity contribution >= 4 is 13.8 Å². The molecule has 3 heteroatoms. The molecule has 0 saturated carbocycles. The van der Waals surface area contributed by atoms with E-state index in [0.29, 0.717) is 0 Å². The van der Waals surface area contributed by atoms with Crippen LogP contribution in [-0.2, 0) is 15.1 Å². The summed E-state index contributed by atoms with van der Waals surface area (Å²) in [5.41, 5.74) is 1.54. The van der Waals surface area contributed by atoms with E-state index in [1.165, 1.54) is 5.56 Å². The van der Waals surface area contributed by atoms with Crippen LogP contribution in [0.25, 0.3) is 0 Å². The van der Waals surface area contributed by atoms with Gasteiger partial charge in [-0.25, -0.2) is 0 Å². The maximum absolute atomic E-state index is 13.0. The number of hydrogen-bond donors (Lipinski definition) is 0. The molecule has 2 aromatic carbocycles. The summed E-state index contributed by atoms with van der Waals surface area (Å²) in [6, 6.07) is 20.1. The maximum Gasteiger partial charge on any atom is 0.309 e. The maximum atomic E-state index is 13.0. The predicted molar refractivity (Wildman–Crippen MR) is 102 cm³/mol. The Morgan fingerprint density at radius 2 is 1.46 bits per heavy atom. The van der Waals surface area contributed by atoms with E-state index in [0.717, 1.165) is 5.56 Å². The number of rotatable bonds is 6. The van der Waals surface area contributed by atoms with Crippen LogP contribution in [0.1, 0.15) is 44.6 Å². The van der Waals surface area contributed by atoms with Gasteiger partial charge >= 0.3 is 5.97 Å². The van der Waals surface area contributed by atoms with Gasteiger partial charge in [0.25, 0.3) is 0 Å². The van der Waals surface area contributed by atoms with Crippen LogP contribution in [0.5, 0.6) is 0 Å². The molecule has 2 rings (SSSR count). The van der Waals surface area contributed by atoms with Gasteiger partial charge < -0.3 is 4.74 Å². The zero-order chi connectivity index (χ0) is 17.7. The fourth-order valence-electron chi connectivity index (χ4n) is 3.24. The first-order chi connectivity index (χ1) is 11.3. The SMILES string of the molecule is BC(c1ccccc1)C(C(=O)OC(C)(C)c1ccccc1)C(C)C. The van der Waals surface area contributed by atoms with Crippen LogP contribution in [0.3, 0.4) is 0 Å². The lowest BCUT2D eigenvalue weighted by atomic mass is 9.68. The van der Waals surface area contributed by atoms with Crippen molar-refractivity contribution in [3.8, 4) is 0 Å². The lowest BCUT2D eigenvalue weighted by molar-refractivity contribution is -0.164. The minimum atomic E-state index is -0.637. The van der Waals surface area contributed by atoms with Gasteiger partial charge in [0.15, 0.2) is 0 Å². The number of esters is 1. The quantitative estimate of drug-likeness (QED) is 0.591. The molecule has 0 aliphatic heterocycles.